The van der Waals surface area contributed by atoms with Crippen LogP contribution in [0.25, 0.3) is 11.3 Å². The average molecular weight is 370 g/mol. The second kappa shape index (κ2) is 6.38. The highest BCUT2D eigenvalue weighted by Crippen LogP contribution is 2.37. The molecule has 0 spiro atoms. The Kier molecular flexibility index (Phi) is 4.06. The summed E-state index contributed by atoms with van der Waals surface area (Å²) >= 11 is 2.93. The van der Waals surface area contributed by atoms with Crippen molar-refractivity contribution in [3.63, 3.8) is 0 Å². The molecular weight excluding hydrogens is 356 g/mol. The van der Waals surface area contributed by atoms with Crippen LogP contribution in [0.5, 0.6) is 0 Å². The number of aromatic nitrogens is 2. The number of carbonyl (C=O) groups excluding carboxylic acids is 2. The number of amides is 2. The summed E-state index contributed by atoms with van der Waals surface area (Å²) < 4.78 is 0. The molecule has 6 nitrogen and oxygen atoms in total. The van der Waals surface area contributed by atoms with Gasteiger partial charge in [0.1, 0.15) is 5.69 Å². The van der Waals surface area contributed by atoms with Crippen LogP contribution in [-0.2, 0) is 11.2 Å². The minimum absolute atomic E-state index is 0.0472. The van der Waals surface area contributed by atoms with Gasteiger partial charge in [-0.05, 0) is 24.1 Å². The van der Waals surface area contributed by atoms with Crippen LogP contribution in [0.1, 0.15) is 16.1 Å². The summed E-state index contributed by atoms with van der Waals surface area (Å²) in [6, 6.07) is 9.71. The van der Waals surface area contributed by atoms with Crippen molar-refractivity contribution in [1.29, 1.82) is 0 Å². The molecule has 0 aliphatic carbocycles. The van der Waals surface area contributed by atoms with E-state index in [1.165, 1.54) is 16.9 Å². The van der Waals surface area contributed by atoms with Crippen LogP contribution in [-0.4, -0.2) is 27.0 Å². The number of nitrogens with zero attached hydrogens (tertiary/aromatic N) is 1. The largest absolute Gasteiger partial charge is 0.364 e. The molecule has 1 aliphatic heterocycles. The molecule has 3 heterocycles. The van der Waals surface area contributed by atoms with Crippen LogP contribution >= 0.6 is 23.1 Å². The molecule has 1 aromatic carbocycles. The van der Waals surface area contributed by atoms with Gasteiger partial charge < -0.3 is 16.0 Å². The zero-order valence-corrected chi connectivity index (χ0v) is 14.6. The first-order valence-corrected chi connectivity index (χ1v) is 9.35. The lowest BCUT2D eigenvalue weighted by Gasteiger charge is -2.07. The highest BCUT2D eigenvalue weighted by atomic mass is 32.2. The van der Waals surface area contributed by atoms with Crippen LogP contribution in [0.4, 0.5) is 5.13 Å². The lowest BCUT2D eigenvalue weighted by molar-refractivity contribution is -0.115. The molecule has 126 valence electrons. The molecule has 4 rings (SSSR count). The lowest BCUT2D eigenvalue weighted by atomic mass is 10.1. The number of rotatable bonds is 4. The van der Waals surface area contributed by atoms with Crippen molar-refractivity contribution in [2.24, 2.45) is 5.73 Å². The van der Waals surface area contributed by atoms with Gasteiger partial charge in [-0.1, -0.05) is 18.2 Å². The van der Waals surface area contributed by atoms with E-state index in [1.54, 1.807) is 24.0 Å². The minimum Gasteiger partial charge on any atom is -0.364 e. The number of fused-ring (bicyclic) bond motifs is 1. The van der Waals surface area contributed by atoms with Gasteiger partial charge in [0, 0.05) is 22.0 Å². The van der Waals surface area contributed by atoms with E-state index < -0.39 is 5.91 Å². The van der Waals surface area contributed by atoms with Crippen LogP contribution in [0.2, 0.25) is 0 Å². The van der Waals surface area contributed by atoms with Crippen LogP contribution in [0.15, 0.2) is 46.8 Å². The number of H-pyrrole nitrogens is 1. The monoisotopic (exact) mass is 370 g/mol. The Morgan fingerprint density at radius 2 is 2.16 bits per heavy atom. The molecule has 1 aliphatic rings. The third-order valence-electron chi connectivity index (χ3n) is 3.92. The summed E-state index contributed by atoms with van der Waals surface area (Å²) in [7, 11) is 0. The minimum atomic E-state index is -0.521. The Morgan fingerprint density at radius 3 is 2.92 bits per heavy atom. The normalized spacial score (nSPS) is 15.8. The van der Waals surface area contributed by atoms with E-state index in [9.17, 15) is 9.59 Å². The van der Waals surface area contributed by atoms with Crippen molar-refractivity contribution in [3.8, 4) is 11.3 Å². The van der Waals surface area contributed by atoms with Crippen molar-refractivity contribution in [3.05, 3.63) is 53.2 Å². The van der Waals surface area contributed by atoms with Crippen molar-refractivity contribution in [2.45, 2.75) is 16.6 Å². The number of primary amides is 1. The Bertz CT molecular complexity index is 938. The second-order valence-electron chi connectivity index (χ2n) is 5.61. The van der Waals surface area contributed by atoms with E-state index in [0.29, 0.717) is 16.5 Å². The summed E-state index contributed by atoms with van der Waals surface area (Å²) in [4.78, 5) is 32.0. The van der Waals surface area contributed by atoms with Gasteiger partial charge in [-0.2, -0.15) is 0 Å². The number of hydrogen-bond donors (Lipinski definition) is 3. The molecule has 3 aromatic rings. The smallest absolute Gasteiger partial charge is 0.265 e. The Balaban J connectivity index is 1.44. The number of aromatic amines is 1. The van der Waals surface area contributed by atoms with Gasteiger partial charge in [0.2, 0.25) is 5.91 Å². The number of thiazole rings is 1. The zero-order valence-electron chi connectivity index (χ0n) is 13.0. The van der Waals surface area contributed by atoms with E-state index >= 15 is 0 Å². The van der Waals surface area contributed by atoms with E-state index in [-0.39, 0.29) is 11.2 Å². The first-order chi connectivity index (χ1) is 12.1. The maximum absolute atomic E-state index is 12.5. The fraction of sp³-hybridized carbons (Fsp3) is 0.118. The van der Waals surface area contributed by atoms with Gasteiger partial charge in [0.25, 0.3) is 5.91 Å². The van der Waals surface area contributed by atoms with Gasteiger partial charge >= 0.3 is 0 Å². The Labute approximate surface area is 151 Å². The number of hydrogen-bond acceptors (Lipinski definition) is 5. The van der Waals surface area contributed by atoms with E-state index in [0.717, 1.165) is 16.9 Å². The Hall–Kier alpha value is -2.58. The predicted molar refractivity (Wildman–Crippen MR) is 98.8 cm³/mol. The van der Waals surface area contributed by atoms with Gasteiger partial charge in [-0.15, -0.1) is 23.1 Å². The molecule has 8 heteroatoms. The van der Waals surface area contributed by atoms with Crippen molar-refractivity contribution in [1.82, 2.24) is 9.97 Å². The molecule has 25 heavy (non-hydrogen) atoms. The van der Waals surface area contributed by atoms with Gasteiger partial charge in [0.15, 0.2) is 5.13 Å². The molecule has 0 saturated heterocycles. The first-order valence-electron chi connectivity index (χ1n) is 7.59. The zero-order chi connectivity index (χ0) is 17.4. The van der Waals surface area contributed by atoms with E-state index in [4.69, 9.17) is 5.73 Å². The second-order valence-corrected chi connectivity index (χ2v) is 7.71. The number of carbonyl (C=O) groups is 2. The molecule has 2 aromatic heterocycles. The molecule has 0 radical (unpaired) electrons. The molecule has 0 fully saturated rings. The highest BCUT2D eigenvalue weighted by Gasteiger charge is 2.28. The maximum atomic E-state index is 12.5. The number of nitrogens with two attached hydrogens (primary N) is 1. The summed E-state index contributed by atoms with van der Waals surface area (Å²) in [6.07, 6.45) is 2.40. The summed E-state index contributed by atoms with van der Waals surface area (Å²) in [5.41, 5.74) is 8.21. The standard InChI is InChI=1S/C17H14N4O2S2/c18-15(22)11-5-10(7-19-11)12-8-24-17(20-12)21-16(23)14-6-9-3-1-2-4-13(9)25-14/h1-5,7-8,14,19H,6H2,(H2,18,22)(H,20,21,23)/t14-/m0/s1. The third-order valence-corrected chi connectivity index (χ3v) is 5.99. The molecule has 2 amide bonds. The number of benzene rings is 1. The van der Waals surface area contributed by atoms with Crippen LogP contribution < -0.4 is 11.1 Å². The van der Waals surface area contributed by atoms with Crippen molar-refractivity contribution >= 4 is 40.0 Å². The molecule has 0 saturated carbocycles. The van der Waals surface area contributed by atoms with Gasteiger partial charge in [-0.3, -0.25) is 9.59 Å². The molecule has 1 atom stereocenters. The SMILES string of the molecule is NC(=O)c1cc(-c2csc(NC(=O)[C@@H]3Cc4ccccc4S3)n2)c[nH]1. The Morgan fingerprint density at radius 1 is 1.32 bits per heavy atom. The third kappa shape index (κ3) is 3.18. The predicted octanol–water partition coefficient (Wildman–Crippen LogP) is 2.89. The fourth-order valence-corrected chi connectivity index (χ4v) is 4.58. The van der Waals surface area contributed by atoms with E-state index in [2.05, 4.69) is 21.4 Å². The molecular formula is C17H14N4O2S2. The van der Waals surface area contributed by atoms with Crippen LogP contribution in [0.3, 0.4) is 0 Å². The van der Waals surface area contributed by atoms with E-state index in [1.807, 2.05) is 23.6 Å². The number of nitrogens with one attached hydrogen (secondary N) is 2. The van der Waals surface area contributed by atoms with Gasteiger partial charge in [-0.25, -0.2) is 4.98 Å². The number of anilines is 1. The summed E-state index contributed by atoms with van der Waals surface area (Å²) in [5, 5.41) is 5.12. The van der Waals surface area contributed by atoms with Crippen LogP contribution in [0, 0.1) is 0 Å². The molecule has 0 bridgehead atoms. The summed E-state index contributed by atoms with van der Waals surface area (Å²) in [6.45, 7) is 0. The maximum Gasteiger partial charge on any atom is 0.265 e. The van der Waals surface area contributed by atoms with Gasteiger partial charge in [0.05, 0.1) is 10.9 Å². The topological polar surface area (TPSA) is 101 Å². The van der Waals surface area contributed by atoms with Crippen molar-refractivity contribution < 1.29 is 9.59 Å². The highest BCUT2D eigenvalue weighted by molar-refractivity contribution is 8.01. The molecule has 4 N–H and O–H groups in total. The fourth-order valence-electron chi connectivity index (χ4n) is 2.66. The first kappa shape index (κ1) is 15.9. The van der Waals surface area contributed by atoms with Crippen molar-refractivity contribution in [2.75, 3.05) is 5.32 Å². The average Bonchev–Trinajstić information content (AvgIpc) is 3.32. The quantitative estimate of drug-likeness (QED) is 0.657. The summed E-state index contributed by atoms with van der Waals surface area (Å²) in [5.74, 6) is -0.568. The number of thioether (sulfide) groups is 1. The lowest BCUT2D eigenvalue weighted by Crippen LogP contribution is -2.24. The molecule has 0 unspecified atom stereocenters.